The highest BCUT2D eigenvalue weighted by molar-refractivity contribution is 6.30. The number of hydrogen-bond donors (Lipinski definition) is 1. The smallest absolute Gasteiger partial charge is 0.311 e. The van der Waals surface area contributed by atoms with E-state index < -0.39 is 11.8 Å². The van der Waals surface area contributed by atoms with Crippen LogP contribution in [0.2, 0.25) is 5.02 Å². The molecule has 0 aliphatic carbocycles. The molecule has 4 nitrogen and oxygen atoms in total. The molecule has 3 amide bonds. The van der Waals surface area contributed by atoms with Gasteiger partial charge < -0.3 is 4.90 Å². The molecular formula is C10H8ClFN2O2. The van der Waals surface area contributed by atoms with Crippen LogP contribution in [0.3, 0.4) is 0 Å². The highest BCUT2D eigenvalue weighted by Crippen LogP contribution is 2.19. The fourth-order valence-electron chi connectivity index (χ4n) is 1.49. The molecule has 0 saturated carbocycles. The molecule has 0 unspecified atom stereocenters. The van der Waals surface area contributed by atoms with Gasteiger partial charge in [-0.1, -0.05) is 23.7 Å². The fourth-order valence-corrected chi connectivity index (χ4v) is 1.68. The highest BCUT2D eigenvalue weighted by atomic mass is 35.5. The van der Waals surface area contributed by atoms with Crippen LogP contribution in [0.15, 0.2) is 18.2 Å². The monoisotopic (exact) mass is 242 g/mol. The van der Waals surface area contributed by atoms with Crippen molar-refractivity contribution < 1.29 is 14.0 Å². The Morgan fingerprint density at radius 1 is 1.44 bits per heavy atom. The Morgan fingerprint density at radius 3 is 2.81 bits per heavy atom. The van der Waals surface area contributed by atoms with Crippen LogP contribution in [0, 0.1) is 5.82 Å². The van der Waals surface area contributed by atoms with Gasteiger partial charge in [0.15, 0.2) is 0 Å². The number of urea groups is 1. The number of carbonyl (C=O) groups excluding carboxylic acids is 2. The first-order valence-corrected chi connectivity index (χ1v) is 4.97. The molecule has 1 N–H and O–H groups in total. The number of nitrogens with one attached hydrogen (secondary N) is 1. The van der Waals surface area contributed by atoms with Crippen molar-refractivity contribution in [3.63, 3.8) is 0 Å². The molecule has 1 heterocycles. The maximum Gasteiger partial charge on any atom is 0.324 e. The summed E-state index contributed by atoms with van der Waals surface area (Å²) in [5.41, 5.74) is 0.289. The van der Waals surface area contributed by atoms with Gasteiger partial charge in [-0.25, -0.2) is 9.18 Å². The Balaban J connectivity index is 2.18. The van der Waals surface area contributed by atoms with E-state index in [9.17, 15) is 14.0 Å². The topological polar surface area (TPSA) is 49.4 Å². The summed E-state index contributed by atoms with van der Waals surface area (Å²) in [6, 6.07) is 4.04. The Labute approximate surface area is 96.0 Å². The summed E-state index contributed by atoms with van der Waals surface area (Å²) in [7, 11) is 0. The number of hydrogen-bond acceptors (Lipinski definition) is 2. The van der Waals surface area contributed by atoms with E-state index in [1.54, 1.807) is 6.07 Å². The Kier molecular flexibility index (Phi) is 2.78. The summed E-state index contributed by atoms with van der Waals surface area (Å²) in [5.74, 6) is -0.941. The molecule has 0 aromatic heterocycles. The van der Waals surface area contributed by atoms with Gasteiger partial charge in [-0.2, -0.15) is 0 Å². The van der Waals surface area contributed by atoms with Gasteiger partial charge in [-0.3, -0.25) is 10.1 Å². The molecule has 1 fully saturated rings. The van der Waals surface area contributed by atoms with Crippen LogP contribution in [0.5, 0.6) is 0 Å². The first-order chi connectivity index (χ1) is 7.58. The van der Waals surface area contributed by atoms with Crippen molar-refractivity contribution in [1.29, 1.82) is 0 Å². The lowest BCUT2D eigenvalue weighted by molar-refractivity contribution is -0.118. The third kappa shape index (κ3) is 1.99. The van der Waals surface area contributed by atoms with E-state index in [1.807, 2.05) is 0 Å². The maximum absolute atomic E-state index is 13.5. The number of rotatable bonds is 2. The van der Waals surface area contributed by atoms with Gasteiger partial charge in [0.05, 0.1) is 11.6 Å². The van der Waals surface area contributed by atoms with Crippen molar-refractivity contribution in [1.82, 2.24) is 10.2 Å². The Bertz CT molecular complexity index is 464. The standard InChI is InChI=1S/C10H8ClFN2O2/c11-7-3-1-2-6(9(7)12)4-14-5-8(15)13-10(14)16/h1-3H,4-5H2,(H,13,15,16). The number of imide groups is 1. The van der Waals surface area contributed by atoms with Crippen LogP contribution in [0.4, 0.5) is 9.18 Å². The first-order valence-electron chi connectivity index (χ1n) is 4.59. The van der Waals surface area contributed by atoms with Crippen LogP contribution in [-0.2, 0) is 11.3 Å². The van der Waals surface area contributed by atoms with E-state index in [2.05, 4.69) is 5.32 Å². The van der Waals surface area contributed by atoms with Gasteiger partial charge in [-0.05, 0) is 6.07 Å². The number of halogens is 2. The second kappa shape index (κ2) is 4.09. The third-order valence-electron chi connectivity index (χ3n) is 2.26. The molecule has 16 heavy (non-hydrogen) atoms. The van der Waals surface area contributed by atoms with Crippen molar-refractivity contribution in [2.75, 3.05) is 6.54 Å². The second-order valence-electron chi connectivity index (χ2n) is 3.42. The molecule has 84 valence electrons. The summed E-state index contributed by atoms with van der Waals surface area (Å²) >= 11 is 5.60. The van der Waals surface area contributed by atoms with Crippen molar-refractivity contribution >= 4 is 23.5 Å². The van der Waals surface area contributed by atoms with E-state index >= 15 is 0 Å². The zero-order chi connectivity index (χ0) is 11.7. The quantitative estimate of drug-likeness (QED) is 0.800. The van der Waals surface area contributed by atoms with E-state index in [-0.39, 0.29) is 29.6 Å². The van der Waals surface area contributed by atoms with Crippen molar-refractivity contribution in [3.8, 4) is 0 Å². The SMILES string of the molecule is O=C1CN(Cc2cccc(Cl)c2F)C(=O)N1. The summed E-state index contributed by atoms with van der Waals surface area (Å²) in [5, 5.41) is 2.12. The average Bonchev–Trinajstić information content (AvgIpc) is 2.53. The van der Waals surface area contributed by atoms with Gasteiger partial charge in [0.25, 0.3) is 0 Å². The van der Waals surface area contributed by atoms with E-state index in [4.69, 9.17) is 11.6 Å². The average molecular weight is 243 g/mol. The number of amides is 3. The molecule has 0 bridgehead atoms. The van der Waals surface area contributed by atoms with Gasteiger partial charge >= 0.3 is 6.03 Å². The number of nitrogens with zero attached hydrogens (tertiary/aromatic N) is 1. The number of carbonyl (C=O) groups is 2. The minimum absolute atomic E-state index is 0.00318. The number of benzene rings is 1. The van der Waals surface area contributed by atoms with Crippen LogP contribution in [0.1, 0.15) is 5.56 Å². The minimum Gasteiger partial charge on any atom is -0.311 e. The van der Waals surface area contributed by atoms with Gasteiger partial charge in [-0.15, -0.1) is 0 Å². The van der Waals surface area contributed by atoms with Crippen LogP contribution in [-0.4, -0.2) is 23.4 Å². The molecule has 0 atom stereocenters. The molecule has 2 rings (SSSR count). The summed E-state index contributed by atoms with van der Waals surface area (Å²) in [6.45, 7) is -0.0191. The molecule has 1 saturated heterocycles. The zero-order valence-electron chi connectivity index (χ0n) is 8.17. The lowest BCUT2D eigenvalue weighted by Gasteiger charge is -2.13. The summed E-state index contributed by atoms with van der Waals surface area (Å²) < 4.78 is 13.5. The summed E-state index contributed by atoms with van der Waals surface area (Å²) in [4.78, 5) is 23.4. The normalized spacial score (nSPS) is 15.5. The molecule has 0 radical (unpaired) electrons. The van der Waals surface area contributed by atoms with Crippen LogP contribution < -0.4 is 5.32 Å². The molecule has 6 heteroatoms. The zero-order valence-corrected chi connectivity index (χ0v) is 8.92. The fraction of sp³-hybridized carbons (Fsp3) is 0.200. The largest absolute Gasteiger partial charge is 0.324 e. The lowest BCUT2D eigenvalue weighted by atomic mass is 10.2. The predicted molar refractivity (Wildman–Crippen MR) is 55.4 cm³/mol. The Hall–Kier alpha value is -1.62. The molecule has 1 aromatic rings. The van der Waals surface area contributed by atoms with Crippen LogP contribution in [0.25, 0.3) is 0 Å². The first kappa shape index (κ1) is 10.9. The molecular weight excluding hydrogens is 235 g/mol. The molecule has 1 aromatic carbocycles. The van der Waals surface area contributed by atoms with Crippen LogP contribution >= 0.6 is 11.6 Å². The molecule has 1 aliphatic heterocycles. The van der Waals surface area contributed by atoms with Crippen molar-refractivity contribution in [2.24, 2.45) is 0 Å². The lowest BCUT2D eigenvalue weighted by Crippen LogP contribution is -2.28. The Morgan fingerprint density at radius 2 is 2.19 bits per heavy atom. The van der Waals surface area contributed by atoms with E-state index in [1.165, 1.54) is 17.0 Å². The second-order valence-corrected chi connectivity index (χ2v) is 3.83. The van der Waals surface area contributed by atoms with E-state index in [0.717, 1.165) is 0 Å². The minimum atomic E-state index is -0.559. The maximum atomic E-state index is 13.5. The molecule has 0 spiro atoms. The van der Waals surface area contributed by atoms with Crippen molar-refractivity contribution in [3.05, 3.63) is 34.6 Å². The van der Waals surface area contributed by atoms with Gasteiger partial charge in [0, 0.05) is 5.56 Å². The van der Waals surface area contributed by atoms with E-state index in [0.29, 0.717) is 0 Å². The third-order valence-corrected chi connectivity index (χ3v) is 2.55. The summed E-state index contributed by atoms with van der Waals surface area (Å²) in [6.07, 6.45) is 0. The van der Waals surface area contributed by atoms with Gasteiger partial charge in [0.1, 0.15) is 12.4 Å². The predicted octanol–water partition coefficient (Wildman–Crippen LogP) is 1.53. The molecule has 1 aliphatic rings. The van der Waals surface area contributed by atoms with Gasteiger partial charge in [0.2, 0.25) is 5.91 Å². The van der Waals surface area contributed by atoms with Crippen molar-refractivity contribution in [2.45, 2.75) is 6.54 Å². The highest BCUT2D eigenvalue weighted by Gasteiger charge is 2.27.